The molecule has 2 saturated heterocycles. The lowest BCUT2D eigenvalue weighted by Crippen LogP contribution is -2.50. The number of hydrogen-bond donors (Lipinski definition) is 2. The van der Waals surface area contributed by atoms with E-state index in [2.05, 4.69) is 20.8 Å². The largest absolute Gasteiger partial charge is 0.339 e. The summed E-state index contributed by atoms with van der Waals surface area (Å²) in [5.74, 6) is 1.14. The minimum atomic E-state index is -0.0242. The normalized spacial score (nSPS) is 25.5. The first-order chi connectivity index (χ1) is 10.2. The molecule has 1 atom stereocenters. The van der Waals surface area contributed by atoms with Crippen molar-refractivity contribution in [1.82, 2.24) is 25.7 Å². The first kappa shape index (κ1) is 14.3. The van der Waals surface area contributed by atoms with Crippen molar-refractivity contribution in [3.63, 3.8) is 0 Å². The van der Waals surface area contributed by atoms with Crippen LogP contribution in [0.5, 0.6) is 0 Å². The predicted molar refractivity (Wildman–Crippen MR) is 76.6 cm³/mol. The van der Waals surface area contributed by atoms with E-state index in [1.807, 2.05) is 11.8 Å². The van der Waals surface area contributed by atoms with Crippen LogP contribution >= 0.6 is 0 Å². The van der Waals surface area contributed by atoms with Crippen molar-refractivity contribution in [3.8, 4) is 0 Å². The van der Waals surface area contributed by atoms with Gasteiger partial charge in [0.05, 0.1) is 6.54 Å². The zero-order valence-corrected chi connectivity index (χ0v) is 12.5. The molecule has 7 heteroatoms. The lowest BCUT2D eigenvalue weighted by molar-refractivity contribution is 0.117. The summed E-state index contributed by atoms with van der Waals surface area (Å²) in [6.45, 7) is 6.06. The maximum atomic E-state index is 12.3. The molecule has 7 nitrogen and oxygen atoms in total. The molecular formula is C14H23N5O2. The molecule has 21 heavy (non-hydrogen) atoms. The van der Waals surface area contributed by atoms with Crippen LogP contribution < -0.4 is 10.6 Å². The highest BCUT2D eigenvalue weighted by molar-refractivity contribution is 5.74. The predicted octanol–water partition coefficient (Wildman–Crippen LogP) is 0.917. The quantitative estimate of drug-likeness (QED) is 0.866. The van der Waals surface area contributed by atoms with Crippen LogP contribution in [0.3, 0.4) is 0 Å². The van der Waals surface area contributed by atoms with Gasteiger partial charge in [-0.2, -0.15) is 4.98 Å². The molecule has 116 valence electrons. The SMILES string of the molecule is CCc1nc(CNC(=O)N2CCCC3(CCNC3)C2)no1. The highest BCUT2D eigenvalue weighted by Crippen LogP contribution is 2.35. The summed E-state index contributed by atoms with van der Waals surface area (Å²) in [6, 6.07) is -0.0242. The van der Waals surface area contributed by atoms with Crippen LogP contribution in [0.1, 0.15) is 37.9 Å². The van der Waals surface area contributed by atoms with Gasteiger partial charge in [0.2, 0.25) is 5.89 Å². The van der Waals surface area contributed by atoms with E-state index in [9.17, 15) is 4.79 Å². The highest BCUT2D eigenvalue weighted by atomic mass is 16.5. The number of carbonyl (C=O) groups is 1. The third-order valence-corrected chi connectivity index (χ3v) is 4.49. The van der Waals surface area contributed by atoms with Crippen molar-refractivity contribution >= 4 is 6.03 Å². The first-order valence-electron chi connectivity index (χ1n) is 7.76. The Balaban J connectivity index is 1.52. The number of urea groups is 1. The first-order valence-corrected chi connectivity index (χ1v) is 7.76. The Hall–Kier alpha value is -1.63. The van der Waals surface area contributed by atoms with Crippen LogP contribution in [0, 0.1) is 5.41 Å². The maximum Gasteiger partial charge on any atom is 0.317 e. The van der Waals surface area contributed by atoms with Crippen molar-refractivity contribution in [1.29, 1.82) is 0 Å². The summed E-state index contributed by atoms with van der Waals surface area (Å²) >= 11 is 0. The molecule has 2 aliphatic heterocycles. The average Bonchev–Trinajstić information content (AvgIpc) is 3.14. The van der Waals surface area contributed by atoms with Gasteiger partial charge in [0, 0.05) is 31.5 Å². The third-order valence-electron chi connectivity index (χ3n) is 4.49. The second-order valence-electron chi connectivity index (χ2n) is 6.07. The molecule has 1 aromatic heterocycles. The summed E-state index contributed by atoms with van der Waals surface area (Å²) in [5.41, 5.74) is 0.289. The average molecular weight is 293 g/mol. The number of amides is 2. The minimum absolute atomic E-state index is 0.0242. The fourth-order valence-electron chi connectivity index (χ4n) is 3.30. The molecule has 0 aliphatic carbocycles. The van der Waals surface area contributed by atoms with Gasteiger partial charge in [0.1, 0.15) is 0 Å². The molecule has 2 fully saturated rings. The van der Waals surface area contributed by atoms with Crippen LogP contribution in [0.15, 0.2) is 4.52 Å². The number of aromatic nitrogens is 2. The van der Waals surface area contributed by atoms with Crippen molar-refractivity contribution < 1.29 is 9.32 Å². The summed E-state index contributed by atoms with van der Waals surface area (Å²) in [6.07, 6.45) is 4.18. The van der Waals surface area contributed by atoms with E-state index in [0.717, 1.165) is 32.6 Å². The van der Waals surface area contributed by atoms with E-state index in [0.29, 0.717) is 24.7 Å². The van der Waals surface area contributed by atoms with Gasteiger partial charge in [-0.05, 0) is 25.8 Å². The molecule has 2 N–H and O–H groups in total. The van der Waals surface area contributed by atoms with Crippen LogP contribution in [-0.2, 0) is 13.0 Å². The van der Waals surface area contributed by atoms with Gasteiger partial charge in [0.15, 0.2) is 5.82 Å². The van der Waals surface area contributed by atoms with Crippen LogP contribution in [0.2, 0.25) is 0 Å². The van der Waals surface area contributed by atoms with E-state index >= 15 is 0 Å². The lowest BCUT2D eigenvalue weighted by Gasteiger charge is -2.39. The second kappa shape index (κ2) is 6.01. The number of aryl methyl sites for hydroxylation is 1. The molecule has 2 aliphatic rings. The maximum absolute atomic E-state index is 12.3. The molecule has 0 aromatic carbocycles. The van der Waals surface area contributed by atoms with Gasteiger partial charge in [-0.1, -0.05) is 12.1 Å². The Kier molecular flexibility index (Phi) is 4.10. The van der Waals surface area contributed by atoms with E-state index < -0.39 is 0 Å². The van der Waals surface area contributed by atoms with Crippen molar-refractivity contribution in [2.24, 2.45) is 5.41 Å². The van der Waals surface area contributed by atoms with E-state index in [4.69, 9.17) is 4.52 Å². The number of hydrogen-bond acceptors (Lipinski definition) is 5. The Morgan fingerprint density at radius 3 is 3.14 bits per heavy atom. The van der Waals surface area contributed by atoms with Gasteiger partial charge in [-0.3, -0.25) is 0 Å². The minimum Gasteiger partial charge on any atom is -0.339 e. The van der Waals surface area contributed by atoms with Gasteiger partial charge in [-0.15, -0.1) is 0 Å². The fraction of sp³-hybridized carbons (Fsp3) is 0.786. The molecule has 3 heterocycles. The Bertz CT molecular complexity index is 495. The zero-order valence-electron chi connectivity index (χ0n) is 12.5. The summed E-state index contributed by atoms with van der Waals surface area (Å²) in [4.78, 5) is 18.4. The van der Waals surface area contributed by atoms with Crippen LogP contribution in [0.4, 0.5) is 4.79 Å². The van der Waals surface area contributed by atoms with Gasteiger partial charge >= 0.3 is 6.03 Å². The summed E-state index contributed by atoms with van der Waals surface area (Å²) < 4.78 is 5.03. The van der Waals surface area contributed by atoms with Gasteiger partial charge < -0.3 is 20.1 Å². The monoisotopic (exact) mass is 293 g/mol. The Labute approximate surface area is 124 Å². The fourth-order valence-corrected chi connectivity index (χ4v) is 3.30. The number of nitrogens with one attached hydrogen (secondary N) is 2. The molecule has 1 spiro atoms. The number of piperidine rings is 1. The standard InChI is InChI=1S/C14H23N5O2/c1-2-12-17-11(18-21-12)8-16-13(20)19-7-3-4-14(10-19)5-6-15-9-14/h15H,2-10H2,1H3,(H,16,20). The van der Waals surface area contributed by atoms with Crippen molar-refractivity contribution in [2.75, 3.05) is 26.2 Å². The van der Waals surface area contributed by atoms with Gasteiger partial charge in [0.25, 0.3) is 0 Å². The summed E-state index contributed by atoms with van der Waals surface area (Å²) in [7, 11) is 0. The molecule has 0 radical (unpaired) electrons. The zero-order chi connectivity index (χ0) is 14.7. The molecule has 2 amide bonds. The molecular weight excluding hydrogens is 270 g/mol. The van der Waals surface area contributed by atoms with Gasteiger partial charge in [-0.25, -0.2) is 4.79 Å². The summed E-state index contributed by atoms with van der Waals surface area (Å²) in [5, 5.41) is 10.2. The van der Waals surface area contributed by atoms with Crippen LogP contribution in [0.25, 0.3) is 0 Å². The Morgan fingerprint density at radius 1 is 1.52 bits per heavy atom. The smallest absolute Gasteiger partial charge is 0.317 e. The molecule has 0 bridgehead atoms. The second-order valence-corrected chi connectivity index (χ2v) is 6.07. The van der Waals surface area contributed by atoms with Crippen molar-refractivity contribution in [3.05, 3.63) is 11.7 Å². The molecule has 1 unspecified atom stereocenters. The number of carbonyl (C=O) groups excluding carboxylic acids is 1. The topological polar surface area (TPSA) is 83.3 Å². The van der Waals surface area contributed by atoms with E-state index in [-0.39, 0.29) is 11.4 Å². The van der Waals surface area contributed by atoms with E-state index in [1.54, 1.807) is 0 Å². The third kappa shape index (κ3) is 3.18. The van der Waals surface area contributed by atoms with E-state index in [1.165, 1.54) is 12.8 Å². The number of rotatable bonds is 3. The molecule has 1 aromatic rings. The number of nitrogens with zero attached hydrogens (tertiary/aromatic N) is 3. The highest BCUT2D eigenvalue weighted by Gasteiger charge is 2.39. The molecule has 3 rings (SSSR count). The number of likely N-dealkylation sites (tertiary alicyclic amines) is 1. The van der Waals surface area contributed by atoms with Crippen LogP contribution in [-0.4, -0.2) is 47.3 Å². The van der Waals surface area contributed by atoms with Crippen molar-refractivity contribution in [2.45, 2.75) is 39.2 Å². The lowest BCUT2D eigenvalue weighted by atomic mass is 9.79. The molecule has 0 saturated carbocycles. The Morgan fingerprint density at radius 2 is 2.43 bits per heavy atom.